The lowest BCUT2D eigenvalue weighted by Gasteiger charge is -2.19. The number of hydrogen-bond donors (Lipinski definition) is 3. The topological polar surface area (TPSA) is 84.2 Å². The van der Waals surface area contributed by atoms with Crippen molar-refractivity contribution in [1.29, 1.82) is 0 Å². The molecule has 2 bridgehead atoms. The molecule has 4 N–H and O–H groups in total. The van der Waals surface area contributed by atoms with E-state index in [0.29, 0.717) is 22.3 Å². The highest BCUT2D eigenvalue weighted by molar-refractivity contribution is 6.33. The summed E-state index contributed by atoms with van der Waals surface area (Å²) in [4.78, 5) is 23.5. The fourth-order valence-corrected chi connectivity index (χ4v) is 3.28. The third-order valence-electron chi connectivity index (χ3n) is 4.15. The van der Waals surface area contributed by atoms with Gasteiger partial charge in [0.15, 0.2) is 0 Å². The molecule has 3 atom stereocenters. The Kier molecular flexibility index (Phi) is 3.40. The second-order valence-corrected chi connectivity index (χ2v) is 5.84. The van der Waals surface area contributed by atoms with E-state index in [2.05, 4.69) is 10.6 Å². The fourth-order valence-electron chi connectivity index (χ4n) is 3.11. The van der Waals surface area contributed by atoms with E-state index in [0.717, 1.165) is 19.3 Å². The van der Waals surface area contributed by atoms with Crippen LogP contribution < -0.4 is 16.4 Å². The minimum atomic E-state index is -0.543. The molecule has 2 heterocycles. The van der Waals surface area contributed by atoms with Crippen LogP contribution in [-0.2, 0) is 4.79 Å². The molecule has 2 aliphatic heterocycles. The zero-order chi connectivity index (χ0) is 14.3. The first-order valence-electron chi connectivity index (χ1n) is 6.71. The van der Waals surface area contributed by atoms with Gasteiger partial charge in [0.2, 0.25) is 11.8 Å². The van der Waals surface area contributed by atoms with Crippen LogP contribution in [-0.4, -0.2) is 23.9 Å². The molecule has 5 nitrogen and oxygen atoms in total. The minimum absolute atomic E-state index is 0.0259. The van der Waals surface area contributed by atoms with Gasteiger partial charge in [0.05, 0.1) is 16.6 Å². The zero-order valence-corrected chi connectivity index (χ0v) is 11.6. The molecule has 2 fully saturated rings. The van der Waals surface area contributed by atoms with Crippen molar-refractivity contribution in [3.8, 4) is 0 Å². The van der Waals surface area contributed by atoms with Gasteiger partial charge in [-0.25, -0.2) is 0 Å². The standard InChI is InChI=1S/C14H16ClN3O2/c15-10-3-1-7(13(16)19)5-12(10)18-14(20)9-6-8-2-4-11(9)17-8/h1,3,5,8-9,11,17H,2,4,6H2,(H2,16,19)(H,18,20). The van der Waals surface area contributed by atoms with Gasteiger partial charge in [0.1, 0.15) is 0 Å². The van der Waals surface area contributed by atoms with E-state index in [-0.39, 0.29) is 17.9 Å². The van der Waals surface area contributed by atoms with E-state index in [9.17, 15) is 9.59 Å². The van der Waals surface area contributed by atoms with Crippen molar-refractivity contribution in [2.75, 3.05) is 5.32 Å². The summed E-state index contributed by atoms with van der Waals surface area (Å²) in [5, 5.41) is 6.64. The van der Waals surface area contributed by atoms with Crippen LogP contribution in [0.25, 0.3) is 0 Å². The van der Waals surface area contributed by atoms with Gasteiger partial charge in [-0.1, -0.05) is 11.6 Å². The highest BCUT2D eigenvalue weighted by atomic mass is 35.5. The Morgan fingerprint density at radius 1 is 1.35 bits per heavy atom. The Bertz CT molecular complexity index is 576. The van der Waals surface area contributed by atoms with Crippen molar-refractivity contribution in [2.24, 2.45) is 11.7 Å². The number of primary amides is 1. The third kappa shape index (κ3) is 2.39. The van der Waals surface area contributed by atoms with Gasteiger partial charge >= 0.3 is 0 Å². The maximum atomic E-state index is 12.3. The molecule has 3 unspecified atom stereocenters. The summed E-state index contributed by atoms with van der Waals surface area (Å²) >= 11 is 6.05. The van der Waals surface area contributed by atoms with Crippen LogP contribution in [0.1, 0.15) is 29.6 Å². The molecule has 2 aliphatic rings. The average molecular weight is 294 g/mol. The quantitative estimate of drug-likeness (QED) is 0.790. The molecule has 1 aromatic rings. The number of nitrogens with one attached hydrogen (secondary N) is 2. The first-order chi connectivity index (χ1) is 9.54. The molecular weight excluding hydrogens is 278 g/mol. The minimum Gasteiger partial charge on any atom is -0.366 e. The van der Waals surface area contributed by atoms with Crippen molar-refractivity contribution >= 4 is 29.1 Å². The Morgan fingerprint density at radius 3 is 2.75 bits per heavy atom. The van der Waals surface area contributed by atoms with Gasteiger partial charge in [-0.3, -0.25) is 9.59 Å². The molecule has 6 heteroatoms. The van der Waals surface area contributed by atoms with Crippen molar-refractivity contribution in [3.63, 3.8) is 0 Å². The Morgan fingerprint density at radius 2 is 2.15 bits per heavy atom. The molecule has 20 heavy (non-hydrogen) atoms. The van der Waals surface area contributed by atoms with E-state index in [4.69, 9.17) is 17.3 Å². The number of nitrogens with two attached hydrogens (primary N) is 1. The number of rotatable bonds is 3. The Labute approximate surface area is 121 Å². The molecule has 2 saturated heterocycles. The first-order valence-corrected chi connectivity index (χ1v) is 7.08. The molecular formula is C14H16ClN3O2. The number of halogens is 1. The predicted molar refractivity (Wildman–Crippen MR) is 76.7 cm³/mol. The first kappa shape index (κ1) is 13.4. The van der Waals surface area contributed by atoms with Gasteiger partial charge in [0, 0.05) is 17.6 Å². The van der Waals surface area contributed by atoms with Crippen LogP contribution in [0.3, 0.4) is 0 Å². The average Bonchev–Trinajstić information content (AvgIpc) is 3.03. The molecule has 2 amide bonds. The van der Waals surface area contributed by atoms with Crippen LogP contribution in [0.4, 0.5) is 5.69 Å². The lowest BCUT2D eigenvalue weighted by Crippen LogP contribution is -2.33. The second kappa shape index (κ2) is 5.07. The van der Waals surface area contributed by atoms with Gasteiger partial charge in [-0.05, 0) is 37.5 Å². The van der Waals surface area contributed by atoms with Gasteiger partial charge in [0.25, 0.3) is 0 Å². The fraction of sp³-hybridized carbons (Fsp3) is 0.429. The summed E-state index contributed by atoms with van der Waals surface area (Å²) in [7, 11) is 0. The maximum absolute atomic E-state index is 12.3. The largest absolute Gasteiger partial charge is 0.366 e. The van der Waals surface area contributed by atoms with Crippen molar-refractivity contribution < 1.29 is 9.59 Å². The lowest BCUT2D eigenvalue weighted by molar-refractivity contribution is -0.120. The summed E-state index contributed by atoms with van der Waals surface area (Å²) in [5.41, 5.74) is 6.00. The van der Waals surface area contributed by atoms with E-state index in [1.807, 2.05) is 0 Å². The van der Waals surface area contributed by atoms with Gasteiger partial charge in [-0.2, -0.15) is 0 Å². The summed E-state index contributed by atoms with van der Waals surface area (Å²) in [5.74, 6) is -0.617. The number of fused-ring (bicyclic) bond motifs is 2. The monoisotopic (exact) mass is 293 g/mol. The van der Waals surface area contributed by atoms with Crippen molar-refractivity contribution in [2.45, 2.75) is 31.3 Å². The molecule has 3 rings (SSSR count). The number of carbonyl (C=O) groups is 2. The maximum Gasteiger partial charge on any atom is 0.248 e. The lowest BCUT2D eigenvalue weighted by atomic mass is 9.88. The smallest absolute Gasteiger partial charge is 0.248 e. The number of hydrogen-bond acceptors (Lipinski definition) is 3. The SMILES string of the molecule is NC(=O)c1ccc(Cl)c(NC(=O)C2CC3CCC2N3)c1. The van der Waals surface area contributed by atoms with Gasteiger partial charge in [-0.15, -0.1) is 0 Å². The Balaban J connectivity index is 1.75. The van der Waals surface area contributed by atoms with Crippen molar-refractivity contribution in [3.05, 3.63) is 28.8 Å². The highest BCUT2D eigenvalue weighted by Gasteiger charge is 2.42. The van der Waals surface area contributed by atoms with Crippen molar-refractivity contribution in [1.82, 2.24) is 5.32 Å². The summed E-state index contributed by atoms with van der Waals surface area (Å²) in [6.07, 6.45) is 3.05. The molecule has 0 aromatic heterocycles. The Hall–Kier alpha value is -1.59. The molecule has 0 aliphatic carbocycles. The van der Waals surface area contributed by atoms with Crippen LogP contribution in [0.2, 0.25) is 5.02 Å². The molecule has 0 saturated carbocycles. The van der Waals surface area contributed by atoms with E-state index < -0.39 is 5.91 Å². The van der Waals surface area contributed by atoms with Crippen LogP contribution >= 0.6 is 11.6 Å². The van der Waals surface area contributed by atoms with Crippen LogP contribution in [0.15, 0.2) is 18.2 Å². The van der Waals surface area contributed by atoms with E-state index in [1.54, 1.807) is 12.1 Å². The number of carbonyl (C=O) groups excluding carboxylic acids is 2. The molecule has 0 radical (unpaired) electrons. The van der Waals surface area contributed by atoms with Gasteiger partial charge < -0.3 is 16.4 Å². The third-order valence-corrected chi connectivity index (χ3v) is 4.48. The molecule has 106 valence electrons. The molecule has 1 aromatic carbocycles. The summed E-state index contributed by atoms with van der Waals surface area (Å²) in [6, 6.07) is 5.35. The number of benzene rings is 1. The normalized spacial score (nSPS) is 27.6. The van der Waals surface area contributed by atoms with Crippen LogP contribution in [0, 0.1) is 5.92 Å². The summed E-state index contributed by atoms with van der Waals surface area (Å²) < 4.78 is 0. The number of amides is 2. The number of anilines is 1. The predicted octanol–water partition coefficient (Wildman–Crippen LogP) is 1.52. The zero-order valence-electron chi connectivity index (χ0n) is 10.9. The van der Waals surface area contributed by atoms with E-state index >= 15 is 0 Å². The van der Waals surface area contributed by atoms with E-state index in [1.165, 1.54) is 6.07 Å². The molecule has 0 spiro atoms. The second-order valence-electron chi connectivity index (χ2n) is 5.44. The highest BCUT2D eigenvalue weighted by Crippen LogP contribution is 2.34. The summed E-state index contributed by atoms with van der Waals surface area (Å²) in [6.45, 7) is 0. The van der Waals surface area contributed by atoms with Crippen LogP contribution in [0.5, 0.6) is 0 Å².